The maximum absolute atomic E-state index is 12.4. The lowest BCUT2D eigenvalue weighted by Gasteiger charge is -2.23. The van der Waals surface area contributed by atoms with Gasteiger partial charge in [-0.3, -0.25) is 4.79 Å². The van der Waals surface area contributed by atoms with Gasteiger partial charge < -0.3 is 9.42 Å². The van der Waals surface area contributed by atoms with E-state index in [4.69, 9.17) is 4.52 Å². The molecule has 1 aliphatic rings. The first-order valence-electron chi connectivity index (χ1n) is 8.38. The lowest BCUT2D eigenvalue weighted by atomic mass is 9.98. The van der Waals surface area contributed by atoms with Crippen molar-refractivity contribution in [3.63, 3.8) is 0 Å². The second-order valence-electron chi connectivity index (χ2n) is 6.59. The summed E-state index contributed by atoms with van der Waals surface area (Å²) < 4.78 is 28.3. The van der Waals surface area contributed by atoms with E-state index in [1.54, 1.807) is 11.9 Å². The van der Waals surface area contributed by atoms with Gasteiger partial charge in [-0.1, -0.05) is 35.5 Å². The maximum Gasteiger partial charge on any atom is 0.222 e. The molecule has 1 aromatic carbocycles. The molecule has 0 saturated carbocycles. The molecular weight excluding hydrogens is 340 g/mol. The molecule has 1 saturated heterocycles. The quantitative estimate of drug-likeness (QED) is 0.816. The van der Waals surface area contributed by atoms with Crippen molar-refractivity contribution in [2.24, 2.45) is 5.92 Å². The molecule has 7 heteroatoms. The predicted molar refractivity (Wildman–Crippen MR) is 94.4 cm³/mol. The molecule has 1 amide bonds. The highest BCUT2D eigenvalue weighted by Crippen LogP contribution is 2.23. The van der Waals surface area contributed by atoms with Crippen LogP contribution in [0.2, 0.25) is 0 Å². The van der Waals surface area contributed by atoms with Gasteiger partial charge in [0.1, 0.15) is 15.5 Å². The van der Waals surface area contributed by atoms with Crippen molar-refractivity contribution in [1.82, 2.24) is 10.1 Å². The first kappa shape index (κ1) is 17.7. The summed E-state index contributed by atoms with van der Waals surface area (Å²) >= 11 is 0. The van der Waals surface area contributed by atoms with E-state index in [1.165, 1.54) is 0 Å². The van der Waals surface area contributed by atoms with Gasteiger partial charge in [-0.25, -0.2) is 8.42 Å². The molecule has 2 aromatic rings. The molecule has 0 N–H and O–H groups in total. The summed E-state index contributed by atoms with van der Waals surface area (Å²) in [7, 11) is -1.16. The van der Waals surface area contributed by atoms with E-state index >= 15 is 0 Å². The number of hydrogen-bond acceptors (Lipinski definition) is 5. The van der Waals surface area contributed by atoms with Crippen LogP contribution in [0, 0.1) is 5.92 Å². The number of rotatable bonds is 5. The van der Waals surface area contributed by atoms with Crippen LogP contribution in [0.3, 0.4) is 0 Å². The highest BCUT2D eigenvalue weighted by atomic mass is 32.2. The lowest BCUT2D eigenvalue weighted by Crippen LogP contribution is -2.31. The van der Waals surface area contributed by atoms with Gasteiger partial charge in [0.2, 0.25) is 5.91 Å². The summed E-state index contributed by atoms with van der Waals surface area (Å²) in [6, 6.07) is 11.6. The molecule has 1 aromatic heterocycles. The van der Waals surface area contributed by atoms with Crippen LogP contribution in [-0.4, -0.2) is 42.9 Å². The number of carbonyl (C=O) groups excluding carboxylic acids is 1. The van der Waals surface area contributed by atoms with Gasteiger partial charge in [0.25, 0.3) is 0 Å². The van der Waals surface area contributed by atoms with Gasteiger partial charge >= 0.3 is 0 Å². The Morgan fingerprint density at radius 2 is 1.92 bits per heavy atom. The third kappa shape index (κ3) is 4.69. The smallest absolute Gasteiger partial charge is 0.222 e. The summed E-state index contributed by atoms with van der Waals surface area (Å²) in [5.74, 6) is 1.16. The number of benzene rings is 1. The number of amides is 1. The predicted octanol–water partition coefficient (Wildman–Crippen LogP) is 2.51. The zero-order valence-electron chi connectivity index (χ0n) is 14.2. The van der Waals surface area contributed by atoms with Crippen molar-refractivity contribution in [3.8, 4) is 11.3 Å². The third-order valence-electron chi connectivity index (χ3n) is 4.58. The van der Waals surface area contributed by atoms with Gasteiger partial charge in [-0.15, -0.1) is 0 Å². The molecule has 0 radical (unpaired) electrons. The molecule has 0 aliphatic carbocycles. The number of hydrogen-bond donors (Lipinski definition) is 0. The summed E-state index contributed by atoms with van der Waals surface area (Å²) in [4.78, 5) is 14.0. The van der Waals surface area contributed by atoms with Crippen molar-refractivity contribution in [2.75, 3.05) is 18.6 Å². The van der Waals surface area contributed by atoms with E-state index < -0.39 is 9.84 Å². The molecule has 25 heavy (non-hydrogen) atoms. The molecule has 2 heterocycles. The Morgan fingerprint density at radius 1 is 1.24 bits per heavy atom. The van der Waals surface area contributed by atoms with Crippen molar-refractivity contribution in [2.45, 2.75) is 25.8 Å². The molecule has 1 aliphatic heterocycles. The summed E-state index contributed by atoms with van der Waals surface area (Å²) in [6.07, 6.45) is 1.52. The highest BCUT2D eigenvalue weighted by molar-refractivity contribution is 7.91. The Balaban J connectivity index is 1.54. The fourth-order valence-corrected chi connectivity index (χ4v) is 4.59. The molecule has 6 nitrogen and oxygen atoms in total. The van der Waals surface area contributed by atoms with E-state index in [1.807, 2.05) is 36.4 Å². The fraction of sp³-hybridized carbons (Fsp3) is 0.444. The first-order chi connectivity index (χ1) is 11.9. The number of aromatic nitrogens is 1. The van der Waals surface area contributed by atoms with Crippen molar-refractivity contribution >= 4 is 15.7 Å². The molecular formula is C18H22N2O4S. The Morgan fingerprint density at radius 3 is 2.60 bits per heavy atom. The second-order valence-corrected chi connectivity index (χ2v) is 8.90. The van der Waals surface area contributed by atoms with Gasteiger partial charge in [0, 0.05) is 25.1 Å². The summed E-state index contributed by atoms with van der Waals surface area (Å²) in [5.41, 5.74) is 1.71. The Labute approximate surface area is 147 Å². The van der Waals surface area contributed by atoms with Crippen LogP contribution in [0.4, 0.5) is 0 Å². The molecule has 0 bridgehead atoms. The summed E-state index contributed by atoms with van der Waals surface area (Å²) in [5, 5.41) is 4.05. The minimum Gasteiger partial charge on any atom is -0.359 e. The molecule has 0 atom stereocenters. The van der Waals surface area contributed by atoms with Gasteiger partial charge in [-0.2, -0.15) is 0 Å². The van der Waals surface area contributed by atoms with Crippen molar-refractivity contribution in [1.29, 1.82) is 0 Å². The molecule has 3 rings (SSSR count). The maximum atomic E-state index is 12.4. The Hall–Kier alpha value is -2.15. The molecule has 0 unspecified atom stereocenters. The van der Waals surface area contributed by atoms with Crippen LogP contribution < -0.4 is 0 Å². The van der Waals surface area contributed by atoms with Gasteiger partial charge in [-0.05, 0) is 18.8 Å². The number of nitrogens with zero attached hydrogens (tertiary/aromatic N) is 2. The summed E-state index contributed by atoms with van der Waals surface area (Å²) in [6.45, 7) is 0.351. The van der Waals surface area contributed by atoms with Crippen molar-refractivity contribution in [3.05, 3.63) is 42.2 Å². The second kappa shape index (κ2) is 7.39. The Kier molecular flexibility index (Phi) is 5.22. The largest absolute Gasteiger partial charge is 0.359 e. The molecule has 1 fully saturated rings. The minimum absolute atomic E-state index is 0.00181. The number of sulfone groups is 1. The van der Waals surface area contributed by atoms with E-state index in [2.05, 4.69) is 5.16 Å². The molecule has 0 spiro atoms. The third-order valence-corrected chi connectivity index (χ3v) is 6.30. The topological polar surface area (TPSA) is 80.5 Å². The standard InChI is InChI=1S/C18H22N2O4S/c1-20(18(21)11-14-7-9-25(22,23)10-8-14)13-16-12-17(19-24-16)15-5-3-2-4-6-15/h2-6,12,14H,7-11,13H2,1H3. The highest BCUT2D eigenvalue weighted by Gasteiger charge is 2.26. The Bertz CT molecular complexity index is 816. The van der Waals surface area contributed by atoms with Gasteiger partial charge in [0.15, 0.2) is 5.76 Å². The average Bonchev–Trinajstić information content (AvgIpc) is 3.06. The monoisotopic (exact) mass is 362 g/mol. The SMILES string of the molecule is CN(Cc1cc(-c2ccccc2)no1)C(=O)CC1CCS(=O)(=O)CC1. The van der Waals surface area contributed by atoms with E-state index in [0.29, 0.717) is 31.6 Å². The lowest BCUT2D eigenvalue weighted by molar-refractivity contribution is -0.131. The normalized spacial score (nSPS) is 17.3. The van der Waals surface area contributed by atoms with E-state index in [-0.39, 0.29) is 23.3 Å². The fourth-order valence-electron chi connectivity index (χ4n) is 3.00. The van der Waals surface area contributed by atoms with Crippen molar-refractivity contribution < 1.29 is 17.7 Å². The van der Waals surface area contributed by atoms with Crippen LogP contribution in [0.5, 0.6) is 0 Å². The van der Waals surface area contributed by atoms with Crippen LogP contribution in [0.25, 0.3) is 11.3 Å². The van der Waals surface area contributed by atoms with Crippen LogP contribution in [0.1, 0.15) is 25.0 Å². The van der Waals surface area contributed by atoms with E-state index in [0.717, 1.165) is 11.3 Å². The van der Waals surface area contributed by atoms with Crippen LogP contribution in [-0.2, 0) is 21.2 Å². The number of carbonyl (C=O) groups is 1. The van der Waals surface area contributed by atoms with Crippen LogP contribution in [0.15, 0.2) is 40.9 Å². The van der Waals surface area contributed by atoms with E-state index in [9.17, 15) is 13.2 Å². The first-order valence-corrected chi connectivity index (χ1v) is 10.2. The minimum atomic E-state index is -2.89. The zero-order valence-corrected chi connectivity index (χ0v) is 15.0. The zero-order chi connectivity index (χ0) is 17.9. The van der Waals surface area contributed by atoms with Crippen LogP contribution >= 0.6 is 0 Å². The van der Waals surface area contributed by atoms with Gasteiger partial charge in [0.05, 0.1) is 18.1 Å². The average molecular weight is 362 g/mol. The molecule has 134 valence electrons.